The minimum Gasteiger partial charge on any atom is -0.399 e. The van der Waals surface area contributed by atoms with Gasteiger partial charge in [-0.3, -0.25) is 4.79 Å². The van der Waals surface area contributed by atoms with Crippen LogP contribution in [-0.4, -0.2) is 10.9 Å². The Balaban J connectivity index is 1.88. The van der Waals surface area contributed by atoms with Crippen LogP contribution in [0.2, 0.25) is 0 Å². The van der Waals surface area contributed by atoms with E-state index in [1.165, 1.54) is 0 Å². The summed E-state index contributed by atoms with van der Waals surface area (Å²) < 4.78 is 0. The molecule has 1 aromatic carbocycles. The van der Waals surface area contributed by atoms with E-state index in [1.807, 2.05) is 42.5 Å². The van der Waals surface area contributed by atoms with E-state index in [1.54, 1.807) is 6.20 Å². The maximum atomic E-state index is 11.9. The predicted octanol–water partition coefficient (Wildman–Crippen LogP) is 2.24. The van der Waals surface area contributed by atoms with E-state index in [-0.39, 0.29) is 5.91 Å². The lowest BCUT2D eigenvalue weighted by atomic mass is 10.1. The first-order valence-corrected chi connectivity index (χ1v) is 6.05. The fraction of sp³-hybridized carbons (Fsp3) is 0.0667. The summed E-state index contributed by atoms with van der Waals surface area (Å²) in [6.45, 7) is 0. The SMILES string of the molecule is Nc1ccc(CC=C2C(=O)Nc3ncccc32)cc1. The van der Waals surface area contributed by atoms with Crippen LogP contribution in [0.1, 0.15) is 11.1 Å². The summed E-state index contributed by atoms with van der Waals surface area (Å²) >= 11 is 0. The zero-order valence-electron chi connectivity index (χ0n) is 10.3. The van der Waals surface area contributed by atoms with E-state index < -0.39 is 0 Å². The van der Waals surface area contributed by atoms with Crippen molar-refractivity contribution in [3.63, 3.8) is 0 Å². The molecule has 2 aromatic rings. The quantitative estimate of drug-likeness (QED) is 0.635. The molecule has 19 heavy (non-hydrogen) atoms. The summed E-state index contributed by atoms with van der Waals surface area (Å²) in [7, 11) is 0. The van der Waals surface area contributed by atoms with Gasteiger partial charge in [0.15, 0.2) is 0 Å². The van der Waals surface area contributed by atoms with E-state index in [0.717, 1.165) is 16.8 Å². The molecule has 4 nitrogen and oxygen atoms in total. The van der Waals surface area contributed by atoms with Crippen molar-refractivity contribution in [1.82, 2.24) is 4.98 Å². The molecule has 0 unspecified atom stereocenters. The lowest BCUT2D eigenvalue weighted by Gasteiger charge is -1.99. The van der Waals surface area contributed by atoms with E-state index in [2.05, 4.69) is 10.3 Å². The Morgan fingerprint density at radius 2 is 2.00 bits per heavy atom. The third-order valence-corrected chi connectivity index (χ3v) is 3.10. The molecule has 2 heterocycles. The summed E-state index contributed by atoms with van der Waals surface area (Å²) in [5.41, 5.74) is 9.04. The number of carbonyl (C=O) groups is 1. The van der Waals surface area contributed by atoms with Crippen molar-refractivity contribution in [3.8, 4) is 0 Å². The molecule has 4 heteroatoms. The van der Waals surface area contributed by atoms with Gasteiger partial charge in [-0.2, -0.15) is 0 Å². The number of anilines is 2. The average Bonchev–Trinajstić information content (AvgIpc) is 2.74. The molecular weight excluding hydrogens is 238 g/mol. The molecule has 0 radical (unpaired) electrons. The molecule has 3 rings (SSSR count). The molecule has 0 saturated heterocycles. The van der Waals surface area contributed by atoms with Crippen LogP contribution < -0.4 is 11.1 Å². The molecular formula is C15H13N3O. The maximum absolute atomic E-state index is 11.9. The lowest BCUT2D eigenvalue weighted by Crippen LogP contribution is -2.04. The van der Waals surface area contributed by atoms with Crippen LogP contribution in [-0.2, 0) is 11.2 Å². The number of nitrogens with zero attached hydrogens (tertiary/aromatic N) is 1. The second kappa shape index (κ2) is 4.57. The maximum Gasteiger partial charge on any atom is 0.257 e. The van der Waals surface area contributed by atoms with Gasteiger partial charge in [-0.05, 0) is 36.2 Å². The summed E-state index contributed by atoms with van der Waals surface area (Å²) in [4.78, 5) is 16.0. The third-order valence-electron chi connectivity index (χ3n) is 3.10. The Morgan fingerprint density at radius 3 is 2.79 bits per heavy atom. The van der Waals surface area contributed by atoms with Crippen LogP contribution >= 0.6 is 0 Å². The second-order valence-electron chi connectivity index (χ2n) is 4.42. The molecule has 0 saturated carbocycles. The Hall–Kier alpha value is -2.62. The summed E-state index contributed by atoms with van der Waals surface area (Å²) in [6, 6.07) is 11.4. The molecule has 0 atom stereocenters. The fourth-order valence-corrected chi connectivity index (χ4v) is 2.10. The van der Waals surface area contributed by atoms with Gasteiger partial charge in [-0.1, -0.05) is 18.2 Å². The van der Waals surface area contributed by atoms with Crippen molar-refractivity contribution in [1.29, 1.82) is 0 Å². The highest BCUT2D eigenvalue weighted by atomic mass is 16.2. The first kappa shape index (κ1) is 11.5. The normalized spacial score (nSPS) is 15.4. The molecule has 1 aliphatic rings. The predicted molar refractivity (Wildman–Crippen MR) is 75.4 cm³/mol. The van der Waals surface area contributed by atoms with Crippen molar-refractivity contribution >= 4 is 23.0 Å². The van der Waals surface area contributed by atoms with Gasteiger partial charge in [0.25, 0.3) is 5.91 Å². The minimum atomic E-state index is -0.0934. The van der Waals surface area contributed by atoms with Crippen LogP contribution in [0.4, 0.5) is 11.5 Å². The molecule has 1 aromatic heterocycles. The highest BCUT2D eigenvalue weighted by Crippen LogP contribution is 2.29. The fourth-order valence-electron chi connectivity index (χ4n) is 2.10. The number of rotatable bonds is 2. The van der Waals surface area contributed by atoms with Crippen LogP contribution in [0.25, 0.3) is 5.57 Å². The van der Waals surface area contributed by atoms with Gasteiger partial charge in [-0.25, -0.2) is 4.98 Å². The van der Waals surface area contributed by atoms with Crippen molar-refractivity contribution in [2.24, 2.45) is 0 Å². The number of allylic oxidation sites excluding steroid dienone is 1. The summed E-state index contributed by atoms with van der Waals surface area (Å²) in [6.07, 6.45) is 4.29. The summed E-state index contributed by atoms with van der Waals surface area (Å²) in [5.74, 6) is 0.542. The zero-order chi connectivity index (χ0) is 13.2. The number of benzene rings is 1. The average molecular weight is 251 g/mol. The number of nitrogens with one attached hydrogen (secondary N) is 1. The highest BCUT2D eigenvalue weighted by molar-refractivity contribution is 6.31. The topological polar surface area (TPSA) is 68.0 Å². The molecule has 3 N–H and O–H groups in total. The van der Waals surface area contributed by atoms with Gasteiger partial charge in [-0.15, -0.1) is 0 Å². The van der Waals surface area contributed by atoms with Crippen molar-refractivity contribution in [3.05, 3.63) is 59.8 Å². The highest BCUT2D eigenvalue weighted by Gasteiger charge is 2.24. The van der Waals surface area contributed by atoms with Gasteiger partial charge in [0.05, 0.1) is 0 Å². The number of hydrogen-bond acceptors (Lipinski definition) is 3. The Morgan fingerprint density at radius 1 is 1.21 bits per heavy atom. The molecule has 0 fully saturated rings. The van der Waals surface area contributed by atoms with Gasteiger partial charge in [0.2, 0.25) is 0 Å². The van der Waals surface area contributed by atoms with E-state index in [0.29, 0.717) is 17.8 Å². The number of nitrogens with two attached hydrogens (primary N) is 1. The number of fused-ring (bicyclic) bond motifs is 1. The standard InChI is InChI=1S/C15H13N3O/c16-11-6-3-10(4-7-11)5-8-13-12-2-1-9-17-14(12)18-15(13)19/h1-4,6-9H,5,16H2,(H,17,18,19). The third kappa shape index (κ3) is 2.20. The lowest BCUT2D eigenvalue weighted by molar-refractivity contribution is -0.110. The molecule has 0 bridgehead atoms. The monoisotopic (exact) mass is 251 g/mol. The number of carbonyl (C=O) groups excluding carboxylic acids is 1. The van der Waals surface area contributed by atoms with Crippen molar-refractivity contribution < 1.29 is 4.79 Å². The van der Waals surface area contributed by atoms with Gasteiger partial charge in [0, 0.05) is 23.0 Å². The van der Waals surface area contributed by atoms with Crippen LogP contribution in [0, 0.1) is 0 Å². The number of amides is 1. The molecule has 1 aliphatic heterocycles. The number of hydrogen-bond donors (Lipinski definition) is 2. The van der Waals surface area contributed by atoms with E-state index >= 15 is 0 Å². The van der Waals surface area contributed by atoms with E-state index in [4.69, 9.17) is 5.73 Å². The van der Waals surface area contributed by atoms with Crippen LogP contribution in [0.15, 0.2) is 48.7 Å². The minimum absolute atomic E-state index is 0.0934. The summed E-state index contributed by atoms with van der Waals surface area (Å²) in [5, 5.41) is 2.75. The van der Waals surface area contributed by atoms with Gasteiger partial charge < -0.3 is 11.1 Å². The zero-order valence-corrected chi connectivity index (χ0v) is 10.3. The number of aromatic nitrogens is 1. The van der Waals surface area contributed by atoms with Gasteiger partial charge in [0.1, 0.15) is 5.82 Å². The number of pyridine rings is 1. The molecule has 0 aliphatic carbocycles. The Kier molecular flexibility index (Phi) is 2.76. The van der Waals surface area contributed by atoms with Crippen molar-refractivity contribution in [2.45, 2.75) is 6.42 Å². The second-order valence-corrected chi connectivity index (χ2v) is 4.42. The Labute approximate surface area is 111 Å². The molecule has 94 valence electrons. The van der Waals surface area contributed by atoms with Crippen LogP contribution in [0.3, 0.4) is 0 Å². The largest absolute Gasteiger partial charge is 0.399 e. The molecule has 1 amide bonds. The smallest absolute Gasteiger partial charge is 0.257 e. The first-order chi connectivity index (χ1) is 9.24. The Bertz CT molecular complexity index is 659. The van der Waals surface area contributed by atoms with E-state index in [9.17, 15) is 4.79 Å². The van der Waals surface area contributed by atoms with Gasteiger partial charge >= 0.3 is 0 Å². The first-order valence-electron chi connectivity index (χ1n) is 6.05. The molecule has 0 spiro atoms. The number of nitrogen functional groups attached to an aromatic ring is 1. The van der Waals surface area contributed by atoms with Crippen molar-refractivity contribution in [2.75, 3.05) is 11.1 Å². The van der Waals surface area contributed by atoms with Crippen LogP contribution in [0.5, 0.6) is 0 Å².